The molecule has 0 aliphatic rings. The summed E-state index contributed by atoms with van der Waals surface area (Å²) in [5.41, 5.74) is 5.42. The highest BCUT2D eigenvalue weighted by molar-refractivity contribution is 6.18. The molecule has 0 aliphatic carbocycles. The SMILES string of the molecule is Cc1ccc(-c2cccc3c2oc2c(-c4cc5ccccc5c5ccccc45)c(F)ccc23)nc1. The van der Waals surface area contributed by atoms with E-state index in [1.807, 2.05) is 73.8 Å². The van der Waals surface area contributed by atoms with Gasteiger partial charge in [-0.2, -0.15) is 0 Å². The molecule has 2 aromatic heterocycles. The van der Waals surface area contributed by atoms with Gasteiger partial charge in [0, 0.05) is 22.5 Å². The summed E-state index contributed by atoms with van der Waals surface area (Å²) in [7, 11) is 0. The van der Waals surface area contributed by atoms with Crippen molar-refractivity contribution in [3.8, 4) is 22.4 Å². The lowest BCUT2D eigenvalue weighted by molar-refractivity contribution is 0.623. The van der Waals surface area contributed by atoms with Gasteiger partial charge < -0.3 is 4.42 Å². The van der Waals surface area contributed by atoms with E-state index in [2.05, 4.69) is 35.3 Å². The Morgan fingerprint density at radius 3 is 2.20 bits per heavy atom. The Morgan fingerprint density at radius 2 is 1.37 bits per heavy atom. The van der Waals surface area contributed by atoms with Crippen LogP contribution in [0.4, 0.5) is 4.39 Å². The van der Waals surface area contributed by atoms with Crippen molar-refractivity contribution >= 4 is 43.5 Å². The fourth-order valence-corrected chi connectivity index (χ4v) is 5.18. The molecule has 7 rings (SSSR count). The third-order valence-electron chi connectivity index (χ3n) is 6.84. The molecule has 0 amide bonds. The number of hydrogen-bond acceptors (Lipinski definition) is 2. The van der Waals surface area contributed by atoms with Gasteiger partial charge in [-0.1, -0.05) is 66.7 Å². The molecule has 0 saturated carbocycles. The van der Waals surface area contributed by atoms with E-state index >= 15 is 4.39 Å². The number of furan rings is 1. The molecule has 2 nitrogen and oxygen atoms in total. The van der Waals surface area contributed by atoms with Crippen LogP contribution in [-0.4, -0.2) is 4.98 Å². The Bertz CT molecular complexity index is 1920. The third kappa shape index (κ3) is 2.98. The highest BCUT2D eigenvalue weighted by Crippen LogP contribution is 2.43. The predicted molar refractivity (Wildman–Crippen MR) is 142 cm³/mol. The van der Waals surface area contributed by atoms with Gasteiger partial charge >= 0.3 is 0 Å². The van der Waals surface area contributed by atoms with E-state index in [0.717, 1.165) is 60.3 Å². The molecule has 0 N–H and O–H groups in total. The van der Waals surface area contributed by atoms with Gasteiger partial charge in [0.15, 0.2) is 0 Å². The molecule has 0 saturated heterocycles. The Kier molecular flexibility index (Phi) is 4.27. The second kappa shape index (κ2) is 7.51. The fourth-order valence-electron chi connectivity index (χ4n) is 5.18. The van der Waals surface area contributed by atoms with Gasteiger partial charge in [-0.3, -0.25) is 4.98 Å². The zero-order valence-corrected chi connectivity index (χ0v) is 19.0. The van der Waals surface area contributed by atoms with Gasteiger partial charge in [0.1, 0.15) is 17.0 Å². The van der Waals surface area contributed by atoms with E-state index in [0.29, 0.717) is 11.1 Å². The average molecular weight is 454 g/mol. The molecule has 35 heavy (non-hydrogen) atoms. The molecular formula is C32H20FNO. The van der Waals surface area contributed by atoms with Gasteiger partial charge in [-0.15, -0.1) is 0 Å². The van der Waals surface area contributed by atoms with Crippen molar-refractivity contribution < 1.29 is 8.81 Å². The fraction of sp³-hybridized carbons (Fsp3) is 0.0312. The maximum Gasteiger partial charge on any atom is 0.146 e. The van der Waals surface area contributed by atoms with Crippen molar-refractivity contribution in [2.24, 2.45) is 0 Å². The summed E-state index contributed by atoms with van der Waals surface area (Å²) in [6.45, 7) is 2.02. The number of aryl methyl sites for hydroxylation is 1. The van der Waals surface area contributed by atoms with E-state index < -0.39 is 0 Å². The molecule has 3 heteroatoms. The Morgan fingerprint density at radius 1 is 0.629 bits per heavy atom. The number of halogens is 1. The van der Waals surface area contributed by atoms with Gasteiger partial charge in [0.2, 0.25) is 0 Å². The summed E-state index contributed by atoms with van der Waals surface area (Å²) in [5.74, 6) is -0.299. The monoisotopic (exact) mass is 453 g/mol. The predicted octanol–water partition coefficient (Wildman–Crippen LogP) is 9.07. The summed E-state index contributed by atoms with van der Waals surface area (Å²) < 4.78 is 22.2. The second-order valence-corrected chi connectivity index (χ2v) is 9.00. The van der Waals surface area contributed by atoms with Crippen LogP contribution < -0.4 is 0 Å². The van der Waals surface area contributed by atoms with Crippen molar-refractivity contribution in [3.05, 3.63) is 115 Å². The topological polar surface area (TPSA) is 26.0 Å². The number of benzene rings is 5. The minimum Gasteiger partial charge on any atom is -0.455 e. The highest BCUT2D eigenvalue weighted by atomic mass is 19.1. The second-order valence-electron chi connectivity index (χ2n) is 9.00. The average Bonchev–Trinajstić information content (AvgIpc) is 3.27. The molecule has 0 atom stereocenters. The summed E-state index contributed by atoms with van der Waals surface area (Å²) in [6, 6.07) is 31.9. The molecule has 5 aromatic carbocycles. The lowest BCUT2D eigenvalue weighted by Crippen LogP contribution is -1.89. The summed E-state index contributed by atoms with van der Waals surface area (Å²) in [4.78, 5) is 4.61. The van der Waals surface area contributed by atoms with Crippen molar-refractivity contribution in [2.75, 3.05) is 0 Å². The van der Waals surface area contributed by atoms with Crippen LogP contribution in [0.1, 0.15) is 5.56 Å². The molecule has 0 spiro atoms. The van der Waals surface area contributed by atoms with E-state index in [1.165, 1.54) is 0 Å². The standard InChI is InChI=1S/C32H20FNO/c1-19-13-16-29(34-18-19)26-12-6-11-24-25-14-15-28(33)30(32(25)35-31(24)26)27-17-20-7-2-3-8-21(20)22-9-4-5-10-23(22)27/h2-18H,1H3. The van der Waals surface area contributed by atoms with Crippen molar-refractivity contribution in [1.29, 1.82) is 0 Å². The Hall–Kier alpha value is -4.50. The lowest BCUT2D eigenvalue weighted by Gasteiger charge is -2.12. The lowest BCUT2D eigenvalue weighted by atomic mass is 9.92. The first-order valence-electron chi connectivity index (χ1n) is 11.7. The molecule has 0 unspecified atom stereocenters. The van der Waals surface area contributed by atoms with Crippen molar-refractivity contribution in [2.45, 2.75) is 6.92 Å². The minimum absolute atomic E-state index is 0.299. The van der Waals surface area contributed by atoms with Crippen LogP contribution in [0.2, 0.25) is 0 Å². The van der Waals surface area contributed by atoms with Crippen molar-refractivity contribution in [3.63, 3.8) is 0 Å². The van der Waals surface area contributed by atoms with E-state index in [1.54, 1.807) is 6.07 Å². The number of para-hydroxylation sites is 1. The molecule has 0 radical (unpaired) electrons. The van der Waals surface area contributed by atoms with E-state index in [4.69, 9.17) is 4.42 Å². The van der Waals surface area contributed by atoms with Gasteiger partial charge in [0.25, 0.3) is 0 Å². The first kappa shape index (κ1) is 19.9. The molecule has 0 aliphatic heterocycles. The van der Waals surface area contributed by atoms with Crippen LogP contribution >= 0.6 is 0 Å². The van der Waals surface area contributed by atoms with Crippen LogP contribution in [0.3, 0.4) is 0 Å². The van der Waals surface area contributed by atoms with Crippen LogP contribution in [0.5, 0.6) is 0 Å². The van der Waals surface area contributed by atoms with Crippen LogP contribution in [0.25, 0.3) is 65.9 Å². The first-order valence-corrected chi connectivity index (χ1v) is 11.7. The van der Waals surface area contributed by atoms with Gasteiger partial charge in [-0.25, -0.2) is 4.39 Å². The summed E-state index contributed by atoms with van der Waals surface area (Å²) in [5, 5.41) is 6.15. The number of hydrogen-bond donors (Lipinski definition) is 0. The maximum absolute atomic E-state index is 15.7. The van der Waals surface area contributed by atoms with Crippen LogP contribution in [0, 0.1) is 12.7 Å². The normalized spacial score (nSPS) is 11.7. The van der Waals surface area contributed by atoms with Gasteiger partial charge in [-0.05, 0) is 69.9 Å². The maximum atomic E-state index is 15.7. The highest BCUT2D eigenvalue weighted by Gasteiger charge is 2.21. The van der Waals surface area contributed by atoms with Crippen molar-refractivity contribution in [1.82, 2.24) is 4.98 Å². The molecule has 2 heterocycles. The first-order chi connectivity index (χ1) is 17.2. The van der Waals surface area contributed by atoms with Crippen LogP contribution in [-0.2, 0) is 0 Å². The third-order valence-corrected chi connectivity index (χ3v) is 6.84. The minimum atomic E-state index is -0.299. The number of nitrogens with zero attached hydrogens (tertiary/aromatic N) is 1. The number of rotatable bonds is 2. The molecule has 0 bridgehead atoms. The zero-order chi connectivity index (χ0) is 23.5. The molecule has 7 aromatic rings. The number of pyridine rings is 1. The quantitative estimate of drug-likeness (QED) is 0.244. The molecular weight excluding hydrogens is 433 g/mol. The number of fused-ring (bicyclic) bond motifs is 6. The number of aromatic nitrogens is 1. The van der Waals surface area contributed by atoms with E-state index in [9.17, 15) is 0 Å². The van der Waals surface area contributed by atoms with Crippen LogP contribution in [0.15, 0.2) is 108 Å². The Balaban J connectivity index is 1.60. The smallest absolute Gasteiger partial charge is 0.146 e. The summed E-state index contributed by atoms with van der Waals surface area (Å²) >= 11 is 0. The summed E-state index contributed by atoms with van der Waals surface area (Å²) in [6.07, 6.45) is 1.85. The zero-order valence-electron chi connectivity index (χ0n) is 19.0. The Labute approximate surface area is 201 Å². The molecule has 0 fully saturated rings. The van der Waals surface area contributed by atoms with Gasteiger partial charge in [0.05, 0.1) is 11.3 Å². The molecule has 166 valence electrons. The van der Waals surface area contributed by atoms with E-state index in [-0.39, 0.29) is 5.82 Å². The largest absolute Gasteiger partial charge is 0.455 e.